The Morgan fingerprint density at radius 3 is 2.00 bits per heavy atom. The van der Waals surface area contributed by atoms with Gasteiger partial charge in [0.2, 0.25) is 11.8 Å². The quantitative estimate of drug-likeness (QED) is 0.861. The lowest BCUT2D eigenvalue weighted by atomic mass is 10.2. The van der Waals surface area contributed by atoms with Crippen LogP contribution in [0.1, 0.15) is 17.3 Å². The van der Waals surface area contributed by atoms with Crippen LogP contribution < -0.4 is 10.6 Å². The van der Waals surface area contributed by atoms with E-state index in [0.29, 0.717) is 22.0 Å². The van der Waals surface area contributed by atoms with Crippen molar-refractivity contribution < 1.29 is 14.4 Å². The summed E-state index contributed by atoms with van der Waals surface area (Å²) in [5.74, 6) is -0.788. The number of hydrogen-bond donors (Lipinski definition) is 2. The van der Waals surface area contributed by atoms with Crippen LogP contribution in [-0.2, 0) is 9.59 Å². The topological polar surface area (TPSA) is 78.5 Å². The van der Waals surface area contributed by atoms with Gasteiger partial charge in [-0.1, -0.05) is 11.6 Å². The molecule has 3 amide bonds. The summed E-state index contributed by atoms with van der Waals surface area (Å²) in [7, 11) is 1.55. The number of benzene rings is 2. The van der Waals surface area contributed by atoms with Crippen molar-refractivity contribution >= 4 is 40.7 Å². The number of carbonyl (C=O) groups is 3. The van der Waals surface area contributed by atoms with Crippen LogP contribution in [0.3, 0.4) is 0 Å². The molecular weight excluding hydrogens is 342 g/mol. The van der Waals surface area contributed by atoms with Crippen LogP contribution in [0.4, 0.5) is 11.4 Å². The normalized spacial score (nSPS) is 10.0. The molecule has 6 nitrogen and oxygen atoms in total. The largest absolute Gasteiger partial charge is 0.332 e. The Labute approximate surface area is 150 Å². The number of amides is 3. The van der Waals surface area contributed by atoms with E-state index >= 15 is 0 Å². The van der Waals surface area contributed by atoms with E-state index < -0.39 is 0 Å². The van der Waals surface area contributed by atoms with Gasteiger partial charge in [0.25, 0.3) is 5.91 Å². The van der Waals surface area contributed by atoms with Crippen molar-refractivity contribution in [1.82, 2.24) is 4.90 Å². The van der Waals surface area contributed by atoms with Gasteiger partial charge in [0.05, 0.1) is 6.54 Å². The number of nitrogens with zero attached hydrogens (tertiary/aromatic N) is 1. The van der Waals surface area contributed by atoms with Gasteiger partial charge >= 0.3 is 0 Å². The van der Waals surface area contributed by atoms with E-state index in [1.165, 1.54) is 11.8 Å². The van der Waals surface area contributed by atoms with Gasteiger partial charge in [-0.05, 0) is 48.5 Å². The van der Waals surface area contributed by atoms with Gasteiger partial charge in [-0.3, -0.25) is 14.4 Å². The Morgan fingerprint density at radius 1 is 0.920 bits per heavy atom. The number of nitrogens with one attached hydrogen (secondary N) is 2. The minimum absolute atomic E-state index is 0.0884. The minimum Gasteiger partial charge on any atom is -0.332 e. The van der Waals surface area contributed by atoms with Crippen molar-refractivity contribution in [3.8, 4) is 0 Å². The molecule has 0 unspecified atom stereocenters. The molecule has 0 radical (unpaired) electrons. The van der Waals surface area contributed by atoms with Crippen molar-refractivity contribution in [2.24, 2.45) is 0 Å². The molecule has 2 rings (SSSR count). The molecule has 0 spiro atoms. The zero-order valence-electron chi connectivity index (χ0n) is 13.9. The Morgan fingerprint density at radius 2 is 1.44 bits per heavy atom. The van der Waals surface area contributed by atoms with E-state index in [1.807, 2.05) is 0 Å². The Kier molecular flexibility index (Phi) is 6.14. The van der Waals surface area contributed by atoms with Gasteiger partial charge < -0.3 is 15.5 Å². The first-order valence-electron chi connectivity index (χ1n) is 7.53. The molecule has 0 fully saturated rings. The third-order valence-electron chi connectivity index (χ3n) is 3.31. The van der Waals surface area contributed by atoms with Crippen LogP contribution in [0.2, 0.25) is 5.02 Å². The lowest BCUT2D eigenvalue weighted by molar-refractivity contribution is -0.116. The average molecular weight is 360 g/mol. The van der Waals surface area contributed by atoms with Gasteiger partial charge in [-0.15, -0.1) is 0 Å². The highest BCUT2D eigenvalue weighted by Gasteiger charge is 2.15. The number of halogens is 1. The summed E-state index contributed by atoms with van der Waals surface area (Å²) in [6, 6.07) is 13.2. The minimum atomic E-state index is -0.312. The number of likely N-dealkylation sites (N-methyl/N-ethyl adjacent to an activating group) is 1. The first-order valence-corrected chi connectivity index (χ1v) is 7.91. The van der Waals surface area contributed by atoms with Gasteiger partial charge in [-0.25, -0.2) is 0 Å². The second-order valence-electron chi connectivity index (χ2n) is 5.47. The lowest BCUT2D eigenvalue weighted by Crippen LogP contribution is -2.34. The predicted molar refractivity (Wildman–Crippen MR) is 97.8 cm³/mol. The van der Waals surface area contributed by atoms with Crippen molar-refractivity contribution in [1.29, 1.82) is 0 Å². The van der Waals surface area contributed by atoms with Gasteiger partial charge in [-0.2, -0.15) is 0 Å². The van der Waals surface area contributed by atoms with E-state index in [4.69, 9.17) is 11.6 Å². The van der Waals surface area contributed by atoms with Gasteiger partial charge in [0.1, 0.15) is 0 Å². The summed E-state index contributed by atoms with van der Waals surface area (Å²) >= 11 is 5.79. The molecule has 0 aliphatic carbocycles. The molecule has 2 N–H and O–H groups in total. The van der Waals surface area contributed by atoms with Gasteiger partial charge in [0.15, 0.2) is 0 Å². The first kappa shape index (κ1) is 18.5. The highest BCUT2D eigenvalue weighted by atomic mass is 35.5. The van der Waals surface area contributed by atoms with Gasteiger partial charge in [0, 0.05) is 35.9 Å². The van der Waals surface area contributed by atoms with E-state index in [9.17, 15) is 14.4 Å². The molecule has 0 heterocycles. The predicted octanol–water partition coefficient (Wildman–Crippen LogP) is 3.01. The molecule has 2 aromatic carbocycles. The maximum absolute atomic E-state index is 12.4. The molecular formula is C18H18ClN3O3. The van der Waals surface area contributed by atoms with Crippen LogP contribution in [0, 0.1) is 0 Å². The maximum Gasteiger partial charge on any atom is 0.254 e. The van der Waals surface area contributed by atoms with Crippen LogP contribution >= 0.6 is 11.6 Å². The zero-order chi connectivity index (χ0) is 18.4. The van der Waals surface area contributed by atoms with E-state index in [2.05, 4.69) is 10.6 Å². The van der Waals surface area contributed by atoms with E-state index in [-0.39, 0.29) is 24.3 Å². The molecule has 0 aliphatic heterocycles. The van der Waals surface area contributed by atoms with Crippen molar-refractivity contribution in [2.75, 3.05) is 24.2 Å². The fraction of sp³-hybridized carbons (Fsp3) is 0.167. The van der Waals surface area contributed by atoms with E-state index in [1.54, 1.807) is 55.6 Å². The summed E-state index contributed by atoms with van der Waals surface area (Å²) in [5.41, 5.74) is 1.64. The molecule has 25 heavy (non-hydrogen) atoms. The van der Waals surface area contributed by atoms with Crippen LogP contribution in [0.5, 0.6) is 0 Å². The summed E-state index contributed by atoms with van der Waals surface area (Å²) < 4.78 is 0. The second kappa shape index (κ2) is 8.30. The third kappa shape index (κ3) is 5.61. The summed E-state index contributed by atoms with van der Waals surface area (Å²) in [4.78, 5) is 36.7. The highest BCUT2D eigenvalue weighted by molar-refractivity contribution is 6.30. The Bertz CT molecular complexity index is 773. The van der Waals surface area contributed by atoms with Crippen molar-refractivity contribution in [3.05, 3.63) is 59.1 Å². The van der Waals surface area contributed by atoms with Crippen molar-refractivity contribution in [3.63, 3.8) is 0 Å². The van der Waals surface area contributed by atoms with Crippen molar-refractivity contribution in [2.45, 2.75) is 6.92 Å². The average Bonchev–Trinajstić information content (AvgIpc) is 2.56. The monoisotopic (exact) mass is 359 g/mol. The van der Waals surface area contributed by atoms with Crippen LogP contribution in [0.15, 0.2) is 48.5 Å². The molecule has 0 aromatic heterocycles. The molecule has 0 saturated heterocycles. The molecule has 0 saturated carbocycles. The highest BCUT2D eigenvalue weighted by Crippen LogP contribution is 2.14. The van der Waals surface area contributed by atoms with Crippen LogP contribution in [0.25, 0.3) is 0 Å². The zero-order valence-corrected chi connectivity index (χ0v) is 14.6. The second-order valence-corrected chi connectivity index (χ2v) is 5.91. The number of carbonyl (C=O) groups excluding carboxylic acids is 3. The molecule has 0 bridgehead atoms. The Balaban J connectivity index is 1.93. The lowest BCUT2D eigenvalue weighted by Gasteiger charge is -2.17. The molecule has 130 valence electrons. The van der Waals surface area contributed by atoms with Crippen LogP contribution in [-0.4, -0.2) is 36.2 Å². The fourth-order valence-electron chi connectivity index (χ4n) is 2.14. The number of hydrogen-bond acceptors (Lipinski definition) is 3. The Hall–Kier alpha value is -2.86. The standard InChI is InChI=1S/C18H18ClN3O3/c1-12(23)20-15-7-3-13(4-8-15)18(25)22(2)11-17(24)21-16-9-5-14(19)6-10-16/h3-10H,11H2,1-2H3,(H,20,23)(H,21,24). The fourth-order valence-corrected chi connectivity index (χ4v) is 2.27. The SMILES string of the molecule is CC(=O)Nc1ccc(C(=O)N(C)CC(=O)Nc2ccc(Cl)cc2)cc1. The summed E-state index contributed by atoms with van der Waals surface area (Å²) in [6.07, 6.45) is 0. The number of rotatable bonds is 5. The number of anilines is 2. The molecule has 0 atom stereocenters. The molecule has 0 aliphatic rings. The van der Waals surface area contributed by atoms with E-state index in [0.717, 1.165) is 0 Å². The summed E-state index contributed by atoms with van der Waals surface area (Å²) in [6.45, 7) is 1.32. The first-order chi connectivity index (χ1) is 11.8. The smallest absolute Gasteiger partial charge is 0.254 e. The molecule has 7 heteroatoms. The third-order valence-corrected chi connectivity index (χ3v) is 3.56. The molecule has 2 aromatic rings. The summed E-state index contributed by atoms with van der Waals surface area (Å²) in [5, 5.41) is 5.90. The maximum atomic E-state index is 12.4.